The smallest absolute Gasteiger partial charge is 0.353 e. The molecule has 0 aromatic heterocycles. The number of likely N-dealkylation sites (tertiary alicyclic amines) is 1. The van der Waals surface area contributed by atoms with Crippen molar-refractivity contribution in [1.82, 2.24) is 15.1 Å². The van der Waals surface area contributed by atoms with Crippen molar-refractivity contribution in [3.63, 3.8) is 0 Å². The number of aliphatic hydroxyl groups excluding tert-OH is 1. The Hall–Kier alpha value is -1.09. The predicted octanol–water partition coefficient (Wildman–Crippen LogP) is 1.34. The molecule has 8 heteroatoms. The summed E-state index contributed by atoms with van der Waals surface area (Å²) in [5.74, 6) is -1.07. The maximum Gasteiger partial charge on any atom is 0.353 e. The highest BCUT2D eigenvalue weighted by Gasteiger charge is 2.60. The van der Waals surface area contributed by atoms with Crippen LogP contribution in [0.25, 0.3) is 0 Å². The Morgan fingerprint density at radius 3 is 2.76 bits per heavy atom. The molecule has 0 aliphatic carbocycles. The normalized spacial score (nSPS) is 38.9. The zero-order valence-corrected chi connectivity index (χ0v) is 18.3. The number of carboxylic acids is 1. The molecule has 0 saturated carbocycles. The van der Waals surface area contributed by atoms with E-state index in [1.54, 1.807) is 18.7 Å². The van der Waals surface area contributed by atoms with Crippen LogP contribution in [0.1, 0.15) is 40.0 Å². The van der Waals surface area contributed by atoms with Gasteiger partial charge in [-0.25, -0.2) is 4.79 Å². The van der Waals surface area contributed by atoms with Crippen LogP contribution < -0.4 is 5.32 Å². The zero-order valence-electron chi connectivity index (χ0n) is 17.5. The van der Waals surface area contributed by atoms with Gasteiger partial charge in [0.2, 0.25) is 5.91 Å². The lowest BCUT2D eigenvalue weighted by Crippen LogP contribution is -2.63. The molecule has 4 heterocycles. The highest BCUT2D eigenvalue weighted by Crippen LogP contribution is 2.51. The summed E-state index contributed by atoms with van der Waals surface area (Å²) in [6.07, 6.45) is 2.75. The Morgan fingerprint density at radius 2 is 2.10 bits per heavy atom. The van der Waals surface area contributed by atoms with Crippen molar-refractivity contribution in [1.29, 1.82) is 0 Å². The van der Waals surface area contributed by atoms with Gasteiger partial charge in [0, 0.05) is 35.2 Å². The average molecular weight is 424 g/mol. The lowest BCUT2D eigenvalue weighted by Gasteiger charge is -2.46. The van der Waals surface area contributed by atoms with Crippen LogP contribution in [0.3, 0.4) is 0 Å². The number of rotatable bonds is 6. The van der Waals surface area contributed by atoms with E-state index in [0.29, 0.717) is 11.3 Å². The van der Waals surface area contributed by atoms with Gasteiger partial charge in [-0.3, -0.25) is 4.79 Å². The van der Waals surface area contributed by atoms with Crippen LogP contribution in [0, 0.1) is 17.8 Å². The molecule has 2 unspecified atom stereocenters. The number of β-lactam (4-membered cyclic amide) rings is 1. The van der Waals surface area contributed by atoms with Crippen LogP contribution in [-0.4, -0.2) is 81.5 Å². The largest absolute Gasteiger partial charge is 0.477 e. The summed E-state index contributed by atoms with van der Waals surface area (Å²) in [6.45, 7) is 10.1. The molecule has 1 amide bonds. The first-order valence-electron chi connectivity index (χ1n) is 10.9. The zero-order chi connectivity index (χ0) is 20.9. The maximum atomic E-state index is 12.5. The molecule has 3 fully saturated rings. The monoisotopic (exact) mass is 423 g/mol. The summed E-state index contributed by atoms with van der Waals surface area (Å²) in [4.78, 5) is 29.2. The number of carbonyl (C=O) groups excluding carboxylic acids is 1. The van der Waals surface area contributed by atoms with Gasteiger partial charge in [0.05, 0.1) is 18.1 Å². The van der Waals surface area contributed by atoms with Crippen molar-refractivity contribution < 1.29 is 19.8 Å². The van der Waals surface area contributed by atoms with Gasteiger partial charge in [-0.2, -0.15) is 0 Å². The van der Waals surface area contributed by atoms with Gasteiger partial charge in [0.25, 0.3) is 0 Å². The topological polar surface area (TPSA) is 93.1 Å². The van der Waals surface area contributed by atoms with Crippen molar-refractivity contribution in [2.24, 2.45) is 17.8 Å². The Bertz CT molecular complexity index is 712. The second kappa shape index (κ2) is 8.21. The van der Waals surface area contributed by atoms with Crippen LogP contribution in [0.4, 0.5) is 0 Å². The second-order valence-electron chi connectivity index (χ2n) is 9.31. The van der Waals surface area contributed by atoms with Gasteiger partial charge < -0.3 is 25.3 Å². The number of thioether (sulfide) groups is 1. The molecule has 0 spiro atoms. The molecule has 0 bridgehead atoms. The van der Waals surface area contributed by atoms with Gasteiger partial charge >= 0.3 is 5.97 Å². The number of aliphatic carboxylic acids is 1. The van der Waals surface area contributed by atoms with Gasteiger partial charge in [0.1, 0.15) is 5.70 Å². The van der Waals surface area contributed by atoms with Crippen molar-refractivity contribution in [2.75, 3.05) is 26.2 Å². The number of hydrogen-bond donors (Lipinski definition) is 3. The molecule has 0 aromatic rings. The van der Waals surface area contributed by atoms with E-state index < -0.39 is 18.0 Å². The number of nitrogens with zero attached hydrogens (tertiary/aromatic N) is 2. The highest BCUT2D eigenvalue weighted by atomic mass is 32.2. The van der Waals surface area contributed by atoms with Gasteiger partial charge in [0.15, 0.2) is 0 Å². The number of fused-ring (bicyclic) bond motifs is 1. The standard InChI is InChI=1S/C21H33N3O4S/c1-11-8-14(4-6-22-11)9-23-7-5-15(10-23)29-19-12(2)17-16(13(3)25)20(26)24(17)18(19)21(27)28/h11-17,22,25H,4-10H2,1-3H3,(H,27,28)/t11?,12-,13-,14?,15-,16-,17-/m1/s1. The number of carboxylic acid groups (broad SMARTS) is 1. The molecule has 3 N–H and O–H groups in total. The van der Waals surface area contributed by atoms with Crippen LogP contribution in [-0.2, 0) is 9.59 Å². The summed E-state index contributed by atoms with van der Waals surface area (Å²) in [5.41, 5.74) is 0.153. The SMILES string of the molecule is CC1CC(CN2CC[C@@H](SC3=C(C(=O)O)N4C(=O)[C@H]([C@@H](C)O)[C@H]4[C@H]3C)C2)CCN1. The van der Waals surface area contributed by atoms with Crippen molar-refractivity contribution >= 4 is 23.6 Å². The number of hydrogen-bond acceptors (Lipinski definition) is 6. The van der Waals surface area contributed by atoms with E-state index in [1.165, 1.54) is 17.7 Å². The molecule has 7 nitrogen and oxygen atoms in total. The Labute approximate surface area is 176 Å². The van der Waals surface area contributed by atoms with E-state index in [9.17, 15) is 19.8 Å². The summed E-state index contributed by atoms with van der Waals surface area (Å²) in [7, 11) is 0. The van der Waals surface area contributed by atoms with Crippen LogP contribution in [0.2, 0.25) is 0 Å². The molecule has 0 aromatic carbocycles. The predicted molar refractivity (Wildman–Crippen MR) is 112 cm³/mol. The number of amides is 1. The van der Waals surface area contributed by atoms with Gasteiger partial charge in [-0.15, -0.1) is 11.8 Å². The molecule has 162 valence electrons. The number of nitrogens with one attached hydrogen (secondary N) is 1. The molecule has 0 radical (unpaired) electrons. The fraction of sp³-hybridized carbons (Fsp3) is 0.810. The summed E-state index contributed by atoms with van der Waals surface area (Å²) >= 11 is 1.66. The van der Waals surface area contributed by atoms with Gasteiger partial charge in [-0.05, 0) is 52.1 Å². The fourth-order valence-electron chi connectivity index (χ4n) is 5.68. The lowest BCUT2D eigenvalue weighted by molar-refractivity contribution is -0.163. The molecular formula is C21H33N3O4S. The van der Waals surface area contributed by atoms with E-state index in [0.717, 1.165) is 43.4 Å². The fourth-order valence-corrected chi connectivity index (χ4v) is 7.20. The highest BCUT2D eigenvalue weighted by molar-refractivity contribution is 8.03. The quantitative estimate of drug-likeness (QED) is 0.555. The molecule has 3 saturated heterocycles. The minimum Gasteiger partial charge on any atom is -0.477 e. The molecule has 7 atom stereocenters. The third kappa shape index (κ3) is 3.84. The first-order chi connectivity index (χ1) is 13.8. The third-order valence-corrected chi connectivity index (χ3v) is 8.62. The summed E-state index contributed by atoms with van der Waals surface area (Å²) in [5, 5.41) is 23.6. The lowest BCUT2D eigenvalue weighted by atomic mass is 9.79. The minimum atomic E-state index is -1.03. The molecule has 4 aliphatic heterocycles. The van der Waals surface area contributed by atoms with E-state index in [1.807, 2.05) is 6.92 Å². The second-order valence-corrected chi connectivity index (χ2v) is 10.6. The third-order valence-electron chi connectivity index (χ3n) is 7.08. The van der Waals surface area contributed by atoms with Crippen LogP contribution in [0.5, 0.6) is 0 Å². The van der Waals surface area contributed by atoms with Crippen LogP contribution >= 0.6 is 11.8 Å². The Balaban J connectivity index is 1.41. The van der Waals surface area contributed by atoms with E-state index in [2.05, 4.69) is 17.1 Å². The number of carbonyl (C=O) groups is 2. The summed E-state index contributed by atoms with van der Waals surface area (Å²) < 4.78 is 0. The minimum absolute atomic E-state index is 0.0391. The maximum absolute atomic E-state index is 12.5. The Morgan fingerprint density at radius 1 is 1.34 bits per heavy atom. The molecule has 4 aliphatic rings. The van der Waals surface area contributed by atoms with Crippen molar-refractivity contribution in [3.05, 3.63) is 10.6 Å². The number of piperidine rings is 1. The van der Waals surface area contributed by atoms with Gasteiger partial charge in [-0.1, -0.05) is 6.92 Å². The van der Waals surface area contributed by atoms with E-state index in [-0.39, 0.29) is 23.6 Å². The first-order valence-corrected chi connectivity index (χ1v) is 11.8. The van der Waals surface area contributed by atoms with Crippen LogP contribution in [0.15, 0.2) is 10.6 Å². The molecule has 4 rings (SSSR count). The molecular weight excluding hydrogens is 390 g/mol. The summed E-state index contributed by atoms with van der Waals surface area (Å²) in [6, 6.07) is 0.373. The number of aliphatic hydroxyl groups is 1. The van der Waals surface area contributed by atoms with E-state index in [4.69, 9.17) is 0 Å². The molecule has 29 heavy (non-hydrogen) atoms. The first kappa shape index (κ1) is 21.2. The van der Waals surface area contributed by atoms with Crippen molar-refractivity contribution in [2.45, 2.75) is 63.5 Å². The van der Waals surface area contributed by atoms with Crippen molar-refractivity contribution in [3.8, 4) is 0 Å². The van der Waals surface area contributed by atoms with E-state index >= 15 is 0 Å². The Kier molecular flexibility index (Phi) is 5.99. The average Bonchev–Trinajstić information content (AvgIpc) is 3.16.